The second-order valence-electron chi connectivity index (χ2n) is 6.48. The summed E-state index contributed by atoms with van der Waals surface area (Å²) in [5.41, 5.74) is -0.429. The Bertz CT molecular complexity index is 343. The highest BCUT2D eigenvalue weighted by Crippen LogP contribution is 2.38. The SMILES string of the molecule is CCC(C)N(CC)C1CCC(NC2CC2)(C(=O)OC)C1. The average Bonchev–Trinajstić information content (AvgIpc) is 3.17. The van der Waals surface area contributed by atoms with Crippen LogP contribution in [0.15, 0.2) is 0 Å². The Morgan fingerprint density at radius 3 is 2.60 bits per heavy atom. The Kier molecular flexibility index (Phi) is 5.08. The third-order valence-corrected chi connectivity index (χ3v) is 5.11. The lowest BCUT2D eigenvalue weighted by Crippen LogP contribution is -2.53. The second-order valence-corrected chi connectivity index (χ2v) is 6.48. The second kappa shape index (κ2) is 6.44. The molecule has 0 aromatic heterocycles. The summed E-state index contributed by atoms with van der Waals surface area (Å²) in [6, 6.07) is 1.62. The molecule has 0 radical (unpaired) electrons. The van der Waals surface area contributed by atoms with Crippen LogP contribution in [0.1, 0.15) is 59.3 Å². The zero-order valence-electron chi connectivity index (χ0n) is 13.4. The number of rotatable bonds is 7. The Balaban J connectivity index is 2.07. The van der Waals surface area contributed by atoms with Gasteiger partial charge in [-0.1, -0.05) is 13.8 Å². The third-order valence-electron chi connectivity index (χ3n) is 5.11. The molecule has 116 valence electrons. The molecule has 20 heavy (non-hydrogen) atoms. The molecule has 0 spiro atoms. The molecule has 0 bridgehead atoms. The van der Waals surface area contributed by atoms with Gasteiger partial charge in [-0.05, 0) is 52.0 Å². The first-order valence-corrected chi connectivity index (χ1v) is 8.18. The van der Waals surface area contributed by atoms with Crippen molar-refractivity contribution in [2.75, 3.05) is 13.7 Å². The van der Waals surface area contributed by atoms with Gasteiger partial charge in [0.05, 0.1) is 7.11 Å². The van der Waals surface area contributed by atoms with Crippen molar-refractivity contribution in [3.63, 3.8) is 0 Å². The number of ether oxygens (including phenoxy) is 1. The number of nitrogens with one attached hydrogen (secondary N) is 1. The molecule has 4 nitrogen and oxygen atoms in total. The van der Waals surface area contributed by atoms with Gasteiger partial charge in [0.15, 0.2) is 0 Å². The predicted molar refractivity (Wildman–Crippen MR) is 80.7 cm³/mol. The van der Waals surface area contributed by atoms with Gasteiger partial charge in [-0.2, -0.15) is 0 Å². The standard InChI is InChI=1S/C16H30N2O2/c1-5-12(3)18(6-2)14-9-10-16(11-14,15(19)20-4)17-13-7-8-13/h12-14,17H,5-11H2,1-4H3. The number of nitrogens with zero attached hydrogens (tertiary/aromatic N) is 1. The van der Waals surface area contributed by atoms with Crippen LogP contribution in [0.3, 0.4) is 0 Å². The lowest BCUT2D eigenvalue weighted by Gasteiger charge is -2.35. The Morgan fingerprint density at radius 1 is 1.40 bits per heavy atom. The lowest BCUT2D eigenvalue weighted by molar-refractivity contribution is -0.148. The van der Waals surface area contributed by atoms with Gasteiger partial charge < -0.3 is 4.74 Å². The summed E-state index contributed by atoms with van der Waals surface area (Å²) < 4.78 is 5.09. The fourth-order valence-electron chi connectivity index (χ4n) is 3.66. The van der Waals surface area contributed by atoms with E-state index in [1.165, 1.54) is 20.0 Å². The van der Waals surface area contributed by atoms with Crippen LogP contribution in [0.5, 0.6) is 0 Å². The molecule has 0 aliphatic heterocycles. The van der Waals surface area contributed by atoms with Gasteiger partial charge in [-0.3, -0.25) is 15.0 Å². The van der Waals surface area contributed by atoms with E-state index in [2.05, 4.69) is 31.0 Å². The maximum atomic E-state index is 12.3. The molecule has 3 unspecified atom stereocenters. The molecule has 2 aliphatic rings. The van der Waals surface area contributed by atoms with Crippen molar-refractivity contribution in [3.8, 4) is 0 Å². The van der Waals surface area contributed by atoms with E-state index in [-0.39, 0.29) is 5.97 Å². The average molecular weight is 282 g/mol. The van der Waals surface area contributed by atoms with Crippen molar-refractivity contribution < 1.29 is 9.53 Å². The molecule has 2 aliphatic carbocycles. The van der Waals surface area contributed by atoms with Crippen LogP contribution in [-0.4, -0.2) is 48.2 Å². The molecule has 0 saturated heterocycles. The highest BCUT2D eigenvalue weighted by atomic mass is 16.5. The van der Waals surface area contributed by atoms with Gasteiger partial charge in [-0.25, -0.2) is 0 Å². The summed E-state index contributed by atoms with van der Waals surface area (Å²) in [5.74, 6) is -0.0629. The molecule has 2 fully saturated rings. The van der Waals surface area contributed by atoms with E-state index in [0.29, 0.717) is 18.1 Å². The zero-order chi connectivity index (χ0) is 14.8. The predicted octanol–water partition coefficient (Wildman–Crippen LogP) is 2.32. The number of hydrogen-bond donors (Lipinski definition) is 1. The van der Waals surface area contributed by atoms with Gasteiger partial charge in [0.25, 0.3) is 0 Å². The number of methoxy groups -OCH3 is 1. The molecule has 0 heterocycles. The smallest absolute Gasteiger partial charge is 0.326 e. The van der Waals surface area contributed by atoms with Crippen LogP contribution in [-0.2, 0) is 9.53 Å². The van der Waals surface area contributed by atoms with E-state index >= 15 is 0 Å². The summed E-state index contributed by atoms with van der Waals surface area (Å²) in [5, 5.41) is 3.58. The van der Waals surface area contributed by atoms with Crippen molar-refractivity contribution >= 4 is 5.97 Å². The van der Waals surface area contributed by atoms with Crippen LogP contribution in [0.2, 0.25) is 0 Å². The van der Waals surface area contributed by atoms with Crippen LogP contribution >= 0.6 is 0 Å². The van der Waals surface area contributed by atoms with Crippen molar-refractivity contribution in [1.82, 2.24) is 10.2 Å². The number of carbonyl (C=O) groups excluding carboxylic acids is 1. The minimum atomic E-state index is -0.429. The quantitative estimate of drug-likeness (QED) is 0.728. The van der Waals surface area contributed by atoms with E-state index in [1.807, 2.05) is 0 Å². The van der Waals surface area contributed by atoms with Crippen molar-refractivity contribution in [2.24, 2.45) is 0 Å². The molecule has 1 N–H and O–H groups in total. The molecule has 4 heteroatoms. The minimum absolute atomic E-state index is 0.0629. The molecule has 3 atom stereocenters. The van der Waals surface area contributed by atoms with Gasteiger partial charge in [0.1, 0.15) is 5.54 Å². The monoisotopic (exact) mass is 282 g/mol. The molecular weight excluding hydrogens is 252 g/mol. The maximum absolute atomic E-state index is 12.3. The zero-order valence-corrected chi connectivity index (χ0v) is 13.4. The van der Waals surface area contributed by atoms with E-state index in [4.69, 9.17) is 4.74 Å². The van der Waals surface area contributed by atoms with Crippen LogP contribution in [0.4, 0.5) is 0 Å². The Labute approximate surface area is 123 Å². The summed E-state index contributed by atoms with van der Waals surface area (Å²) in [7, 11) is 1.51. The van der Waals surface area contributed by atoms with Gasteiger partial charge >= 0.3 is 5.97 Å². The normalized spacial score (nSPS) is 31.6. The van der Waals surface area contributed by atoms with Gasteiger partial charge in [-0.15, -0.1) is 0 Å². The first-order valence-electron chi connectivity index (χ1n) is 8.18. The van der Waals surface area contributed by atoms with Crippen LogP contribution in [0, 0.1) is 0 Å². The van der Waals surface area contributed by atoms with Crippen molar-refractivity contribution in [3.05, 3.63) is 0 Å². The molecular formula is C16H30N2O2. The molecule has 0 aromatic rings. The maximum Gasteiger partial charge on any atom is 0.326 e. The van der Waals surface area contributed by atoms with Crippen molar-refractivity contribution in [2.45, 2.75) is 83.0 Å². The fourth-order valence-corrected chi connectivity index (χ4v) is 3.66. The van der Waals surface area contributed by atoms with Crippen molar-refractivity contribution in [1.29, 1.82) is 0 Å². The van der Waals surface area contributed by atoms with Crippen LogP contribution < -0.4 is 5.32 Å². The Hall–Kier alpha value is -0.610. The van der Waals surface area contributed by atoms with E-state index < -0.39 is 5.54 Å². The summed E-state index contributed by atoms with van der Waals surface area (Å²) in [6.45, 7) is 7.80. The Morgan fingerprint density at radius 2 is 2.10 bits per heavy atom. The highest BCUT2D eigenvalue weighted by Gasteiger charge is 2.50. The number of esters is 1. The number of hydrogen-bond acceptors (Lipinski definition) is 4. The summed E-state index contributed by atoms with van der Waals surface area (Å²) in [4.78, 5) is 14.8. The fraction of sp³-hybridized carbons (Fsp3) is 0.938. The van der Waals surface area contributed by atoms with E-state index in [9.17, 15) is 4.79 Å². The molecule has 2 rings (SSSR count). The van der Waals surface area contributed by atoms with E-state index in [0.717, 1.165) is 32.2 Å². The minimum Gasteiger partial charge on any atom is -0.468 e. The summed E-state index contributed by atoms with van der Waals surface area (Å²) in [6.07, 6.45) is 6.46. The topological polar surface area (TPSA) is 41.6 Å². The molecule has 2 saturated carbocycles. The largest absolute Gasteiger partial charge is 0.468 e. The third kappa shape index (κ3) is 3.17. The first kappa shape index (κ1) is 15.8. The lowest BCUT2D eigenvalue weighted by atomic mass is 9.96. The van der Waals surface area contributed by atoms with E-state index in [1.54, 1.807) is 0 Å². The van der Waals surface area contributed by atoms with Gasteiger partial charge in [0, 0.05) is 18.1 Å². The molecule has 0 aromatic carbocycles. The molecule has 0 amide bonds. The summed E-state index contributed by atoms with van der Waals surface area (Å²) >= 11 is 0. The highest BCUT2D eigenvalue weighted by molar-refractivity contribution is 5.81. The van der Waals surface area contributed by atoms with Crippen LogP contribution in [0.25, 0.3) is 0 Å². The number of carbonyl (C=O) groups is 1. The van der Waals surface area contributed by atoms with Gasteiger partial charge in [0.2, 0.25) is 0 Å². The first-order chi connectivity index (χ1) is 9.56.